The van der Waals surface area contributed by atoms with Gasteiger partial charge in [-0.1, -0.05) is 64.2 Å². The molecule has 9 aromatic rings. The minimum Gasteiger partial charge on any atom is -0.396 e. The minimum absolute atomic E-state index is 0.00433. The van der Waals surface area contributed by atoms with Crippen molar-refractivity contribution in [2.24, 2.45) is 11.8 Å². The monoisotopic (exact) mass is 1230 g/mol. The second-order valence-corrected chi connectivity index (χ2v) is 22.6. The van der Waals surface area contributed by atoms with Crippen LogP contribution in [0.3, 0.4) is 0 Å². The third-order valence-electron chi connectivity index (χ3n) is 14.1. The highest BCUT2D eigenvalue weighted by Crippen LogP contribution is 2.33. The van der Waals surface area contributed by atoms with Crippen molar-refractivity contribution in [2.45, 2.75) is 109 Å². The largest absolute Gasteiger partial charge is 0.396 e. The van der Waals surface area contributed by atoms with Crippen LogP contribution in [0.25, 0.3) is 16.6 Å². The molecule has 0 unspecified atom stereocenters. The standard InChI is InChI=1S/C20H24BrN5O.C19H22BrN5.C18H22BrN5O/c21-17-12-24-26-19(17)8-16(25-18-6-2-1-5-15(18)13-27)9-20(26)23-11-14-4-3-7-22-10-14;20-17-13-23-25-18(17)9-16(24-15-6-2-1-3-7-15)10-19(25)22-12-14-5-4-8-21-11-14;1-12(2)16(11-25)23-14-6-17-15(19)10-22-24(17)18(7-14)21-9-13-4-3-5-20-8-13/h3-4,7-10,12,15,18,23,25,27H,1-2,5-6,11,13H2;4-5,8-11,13,15,22,24H,1-3,6-7,12H2;3-8,10,12,16,21,23,25H,9,11H2,1-2H3/t15-,18-;;16-/m1.1/s1. The molecule has 0 saturated heterocycles. The van der Waals surface area contributed by atoms with Crippen LogP contribution in [0.1, 0.15) is 88.3 Å². The van der Waals surface area contributed by atoms with Crippen molar-refractivity contribution < 1.29 is 10.2 Å². The summed E-state index contributed by atoms with van der Waals surface area (Å²) >= 11 is 10.7. The molecule has 0 radical (unpaired) electrons. The van der Waals surface area contributed by atoms with E-state index in [4.69, 9.17) is 0 Å². The molecule has 9 aromatic heterocycles. The van der Waals surface area contributed by atoms with Gasteiger partial charge in [-0.25, -0.2) is 13.5 Å². The third kappa shape index (κ3) is 14.8. The SMILES string of the molecule is Brc1cnn2c(NCc3cccnc3)cc(NC3CCCCC3)cc12.CC(C)[C@@H](CO)Nc1cc(NCc2cccnc2)n2ncc(Br)c2c1.OC[C@H]1CCCC[C@H]1Nc1cc(NCc2cccnc2)n2ncc(Br)c2c1. The van der Waals surface area contributed by atoms with Crippen LogP contribution in [0.4, 0.5) is 34.5 Å². The molecule has 2 saturated carbocycles. The van der Waals surface area contributed by atoms with Crippen LogP contribution >= 0.6 is 47.8 Å². The van der Waals surface area contributed by atoms with E-state index in [0.717, 1.165) is 94.0 Å². The molecule has 0 spiro atoms. The average molecular weight is 1230 g/mol. The van der Waals surface area contributed by atoms with Gasteiger partial charge in [0.15, 0.2) is 0 Å². The lowest BCUT2D eigenvalue weighted by atomic mass is 9.85. The Morgan fingerprint density at radius 2 is 0.961 bits per heavy atom. The number of hydrogen-bond acceptors (Lipinski definition) is 14. The second-order valence-electron chi connectivity index (χ2n) is 20.0. The molecule has 2 aliphatic rings. The number of anilines is 6. The summed E-state index contributed by atoms with van der Waals surface area (Å²) in [4.78, 5) is 12.5. The minimum atomic E-state index is -0.00433. The number of aliphatic hydroxyl groups is 2. The van der Waals surface area contributed by atoms with Crippen LogP contribution in [0.15, 0.2) is 142 Å². The van der Waals surface area contributed by atoms with E-state index in [0.29, 0.717) is 43.6 Å². The number of halogens is 3. The topological polar surface area (TPSA) is 203 Å². The lowest BCUT2D eigenvalue weighted by Gasteiger charge is -2.31. The third-order valence-corrected chi connectivity index (χ3v) is 16.0. The van der Waals surface area contributed by atoms with E-state index in [1.54, 1.807) is 24.8 Å². The van der Waals surface area contributed by atoms with Crippen molar-refractivity contribution in [3.8, 4) is 0 Å². The van der Waals surface area contributed by atoms with E-state index in [1.807, 2.05) is 87.0 Å². The molecule has 404 valence electrons. The first-order valence-electron chi connectivity index (χ1n) is 26.5. The highest BCUT2D eigenvalue weighted by molar-refractivity contribution is 9.11. The lowest BCUT2D eigenvalue weighted by Crippen LogP contribution is -2.34. The zero-order valence-electron chi connectivity index (χ0n) is 43.5. The van der Waals surface area contributed by atoms with Crippen LogP contribution < -0.4 is 31.9 Å². The molecule has 3 atom stereocenters. The van der Waals surface area contributed by atoms with Crippen molar-refractivity contribution in [1.82, 2.24) is 43.8 Å². The van der Waals surface area contributed by atoms with E-state index in [-0.39, 0.29) is 19.3 Å². The van der Waals surface area contributed by atoms with Gasteiger partial charge in [0, 0.05) is 117 Å². The summed E-state index contributed by atoms with van der Waals surface area (Å²) in [5.41, 5.74) is 9.51. The predicted octanol–water partition coefficient (Wildman–Crippen LogP) is 12.4. The molecule has 2 aliphatic carbocycles. The summed E-state index contributed by atoms with van der Waals surface area (Å²) in [6.07, 6.45) is 27.4. The molecule has 0 bridgehead atoms. The van der Waals surface area contributed by atoms with Gasteiger partial charge in [-0.05, 0) is 132 Å². The number of nitrogens with zero attached hydrogens (tertiary/aromatic N) is 9. The molecule has 2 fully saturated rings. The number of pyridine rings is 6. The molecule has 0 amide bonds. The summed E-state index contributed by atoms with van der Waals surface area (Å²) in [5, 5.41) is 53.8. The molecule has 20 heteroatoms. The molecule has 0 aliphatic heterocycles. The van der Waals surface area contributed by atoms with E-state index < -0.39 is 0 Å². The quantitative estimate of drug-likeness (QED) is 0.0403. The number of fused-ring (bicyclic) bond motifs is 3. The summed E-state index contributed by atoms with van der Waals surface area (Å²) in [6.45, 7) is 6.53. The van der Waals surface area contributed by atoms with E-state index in [2.05, 4.69) is 154 Å². The predicted molar refractivity (Wildman–Crippen MR) is 320 cm³/mol. The summed E-state index contributed by atoms with van der Waals surface area (Å²) < 4.78 is 8.57. The van der Waals surface area contributed by atoms with Crippen molar-refractivity contribution in [2.75, 3.05) is 45.1 Å². The Hall–Kier alpha value is -6.32. The molecule has 17 nitrogen and oxygen atoms in total. The fourth-order valence-corrected chi connectivity index (χ4v) is 11.0. The van der Waals surface area contributed by atoms with E-state index >= 15 is 0 Å². The normalized spacial score (nSPS) is 16.1. The lowest BCUT2D eigenvalue weighted by molar-refractivity contribution is 0.178. The zero-order chi connectivity index (χ0) is 53.5. The fraction of sp³-hybridized carbons (Fsp3) is 0.368. The Bertz CT molecular complexity index is 3260. The number of hydrogen-bond donors (Lipinski definition) is 8. The van der Waals surface area contributed by atoms with Gasteiger partial charge < -0.3 is 42.1 Å². The van der Waals surface area contributed by atoms with Crippen LogP contribution in [0.5, 0.6) is 0 Å². The van der Waals surface area contributed by atoms with Gasteiger partial charge in [0.25, 0.3) is 0 Å². The molecule has 11 rings (SSSR count). The first kappa shape index (κ1) is 55.4. The second kappa shape index (κ2) is 27.3. The molecule has 77 heavy (non-hydrogen) atoms. The van der Waals surface area contributed by atoms with Crippen LogP contribution in [0, 0.1) is 11.8 Å². The molecule has 0 aromatic carbocycles. The average Bonchev–Trinajstić information content (AvgIpc) is 4.17. The van der Waals surface area contributed by atoms with Gasteiger partial charge in [0.1, 0.15) is 17.5 Å². The molecular weight excluding hydrogens is 1170 g/mol. The number of nitrogens with one attached hydrogen (secondary N) is 6. The van der Waals surface area contributed by atoms with Crippen molar-refractivity contribution in [1.29, 1.82) is 0 Å². The maximum absolute atomic E-state index is 9.71. The van der Waals surface area contributed by atoms with Gasteiger partial charge in [-0.2, -0.15) is 15.3 Å². The van der Waals surface area contributed by atoms with Gasteiger partial charge in [0.05, 0.1) is 61.2 Å². The molecular formula is C57H68Br3N15O2. The first-order valence-corrected chi connectivity index (χ1v) is 28.9. The number of rotatable bonds is 18. The Labute approximate surface area is 474 Å². The van der Waals surface area contributed by atoms with Crippen LogP contribution in [-0.4, -0.2) is 85.3 Å². The van der Waals surface area contributed by atoms with Gasteiger partial charge in [-0.3, -0.25) is 15.0 Å². The van der Waals surface area contributed by atoms with Crippen LogP contribution in [0.2, 0.25) is 0 Å². The Morgan fingerprint density at radius 1 is 0.532 bits per heavy atom. The highest BCUT2D eigenvalue weighted by atomic mass is 79.9. The van der Waals surface area contributed by atoms with Crippen molar-refractivity contribution in [3.63, 3.8) is 0 Å². The Balaban J connectivity index is 0.000000141. The summed E-state index contributed by atoms with van der Waals surface area (Å²) in [6, 6.07) is 25.4. The smallest absolute Gasteiger partial charge is 0.130 e. The van der Waals surface area contributed by atoms with Crippen LogP contribution in [-0.2, 0) is 19.6 Å². The molecule has 9 heterocycles. The summed E-state index contributed by atoms with van der Waals surface area (Å²) in [7, 11) is 0. The van der Waals surface area contributed by atoms with E-state index in [1.165, 1.54) is 44.9 Å². The van der Waals surface area contributed by atoms with Crippen molar-refractivity contribution >= 4 is 98.9 Å². The Morgan fingerprint density at radius 3 is 1.39 bits per heavy atom. The number of aliphatic hydroxyl groups excluding tert-OH is 2. The van der Waals surface area contributed by atoms with Crippen molar-refractivity contribution in [3.05, 3.63) is 159 Å². The fourth-order valence-electron chi connectivity index (χ4n) is 9.84. The zero-order valence-corrected chi connectivity index (χ0v) is 48.2. The Kier molecular flexibility index (Phi) is 19.7. The van der Waals surface area contributed by atoms with Gasteiger partial charge in [-0.15, -0.1) is 0 Å². The summed E-state index contributed by atoms with van der Waals surface area (Å²) in [5.74, 6) is 3.40. The maximum atomic E-state index is 9.71. The highest BCUT2D eigenvalue weighted by Gasteiger charge is 2.25. The number of aromatic nitrogens is 9. The van der Waals surface area contributed by atoms with Gasteiger partial charge in [0.2, 0.25) is 0 Å². The molecule has 8 N–H and O–H groups in total. The van der Waals surface area contributed by atoms with Gasteiger partial charge >= 0.3 is 0 Å². The maximum Gasteiger partial charge on any atom is 0.130 e. The van der Waals surface area contributed by atoms with E-state index in [9.17, 15) is 10.2 Å². The first-order chi connectivity index (χ1) is 37.6.